The second-order valence-electron chi connectivity index (χ2n) is 12.3. The third kappa shape index (κ3) is 6.23. The van der Waals surface area contributed by atoms with Gasteiger partial charge in [-0.1, -0.05) is 93.3 Å². The van der Waals surface area contributed by atoms with Crippen LogP contribution < -0.4 is 4.74 Å². The topological polar surface area (TPSA) is 139 Å². The van der Waals surface area contributed by atoms with Crippen molar-refractivity contribution in [2.45, 2.75) is 63.6 Å². The fourth-order valence-corrected chi connectivity index (χ4v) is 6.78. The average Bonchev–Trinajstić information content (AvgIpc) is 3.89. The van der Waals surface area contributed by atoms with Crippen LogP contribution in [0.1, 0.15) is 51.5 Å². The van der Waals surface area contributed by atoms with E-state index in [1.165, 1.54) is 4.90 Å². The number of carbonyl (C=O) groups is 2. The second-order valence-corrected chi connectivity index (χ2v) is 12.3. The third-order valence-corrected chi connectivity index (χ3v) is 9.21. The predicted octanol–water partition coefficient (Wildman–Crippen LogP) is 6.68. The Morgan fingerprint density at radius 2 is 1.77 bits per heavy atom. The summed E-state index contributed by atoms with van der Waals surface area (Å²) < 4.78 is 8.21. The lowest BCUT2D eigenvalue weighted by Crippen LogP contribution is -2.44. The molecule has 0 aliphatic carbocycles. The molecular weight excluding hydrogens is 606 g/mol. The molecule has 11 nitrogen and oxygen atoms in total. The van der Waals surface area contributed by atoms with E-state index in [0.29, 0.717) is 18.0 Å². The summed E-state index contributed by atoms with van der Waals surface area (Å²) in [7, 11) is 0. The van der Waals surface area contributed by atoms with Crippen molar-refractivity contribution in [3.05, 3.63) is 91.3 Å². The van der Waals surface area contributed by atoms with Crippen molar-refractivity contribution in [3.8, 4) is 28.3 Å². The van der Waals surface area contributed by atoms with Crippen molar-refractivity contribution in [2.24, 2.45) is 0 Å². The number of hydrogen-bond donors (Lipinski definition) is 2. The molecular formula is C37H37N7O4. The molecule has 2 N–H and O–H groups in total. The predicted molar refractivity (Wildman–Crippen MR) is 182 cm³/mol. The molecule has 3 unspecified atom stereocenters. The quantitative estimate of drug-likeness (QED) is 0.141. The van der Waals surface area contributed by atoms with Crippen molar-refractivity contribution < 1.29 is 19.4 Å². The molecule has 1 fully saturated rings. The number of tetrazole rings is 1. The maximum absolute atomic E-state index is 14.4. The van der Waals surface area contributed by atoms with Gasteiger partial charge in [-0.2, -0.15) is 5.21 Å². The fraction of sp³-hybridized carbons (Fsp3) is 0.297. The molecule has 0 bridgehead atoms. The lowest BCUT2D eigenvalue weighted by molar-refractivity contribution is -0.149. The Hall–Kier alpha value is -5.58. The Labute approximate surface area is 277 Å². The highest BCUT2D eigenvalue weighted by Crippen LogP contribution is 2.34. The highest BCUT2D eigenvalue weighted by atomic mass is 16.5. The summed E-state index contributed by atoms with van der Waals surface area (Å²) in [6.07, 6.45) is 6.01. The highest BCUT2D eigenvalue weighted by molar-refractivity contribution is 5.91. The minimum absolute atomic E-state index is 0.192. The van der Waals surface area contributed by atoms with Crippen LogP contribution in [0.25, 0.3) is 44.3 Å². The van der Waals surface area contributed by atoms with Gasteiger partial charge in [0.15, 0.2) is 0 Å². The molecule has 3 atom stereocenters. The number of carbonyl (C=O) groups excluding carboxylic acids is 1. The number of hydrogen-bond acceptors (Lipinski definition) is 7. The van der Waals surface area contributed by atoms with Gasteiger partial charge in [-0.15, -0.1) is 10.2 Å². The van der Waals surface area contributed by atoms with Gasteiger partial charge in [0.25, 0.3) is 0 Å². The van der Waals surface area contributed by atoms with Crippen LogP contribution in [0.5, 0.6) is 5.75 Å². The SMILES string of the molecule is CCCCCCC(C(=O)N1CC(Oc2ccc3ccccc3c2)CC1C(=O)O)n1cnc2cc(-c3ccccc3-c3nn[nH]n3)ccc21. The van der Waals surface area contributed by atoms with Gasteiger partial charge < -0.3 is 19.3 Å². The lowest BCUT2D eigenvalue weighted by Gasteiger charge is -2.28. The molecule has 6 aromatic rings. The summed E-state index contributed by atoms with van der Waals surface area (Å²) in [5.74, 6) is -0.103. The number of unbranched alkanes of at least 4 members (excludes halogenated alkanes) is 3. The summed E-state index contributed by atoms with van der Waals surface area (Å²) in [4.78, 5) is 33.2. The summed E-state index contributed by atoms with van der Waals surface area (Å²) in [5, 5.41) is 26.9. The number of carboxylic acid groups (broad SMARTS) is 1. The molecule has 3 heterocycles. The molecule has 1 saturated heterocycles. The smallest absolute Gasteiger partial charge is 0.326 e. The van der Waals surface area contributed by atoms with Gasteiger partial charge in [0.2, 0.25) is 11.7 Å². The molecule has 11 heteroatoms. The van der Waals surface area contributed by atoms with E-state index in [-0.39, 0.29) is 18.9 Å². The van der Waals surface area contributed by atoms with Crippen molar-refractivity contribution in [1.82, 2.24) is 35.1 Å². The molecule has 4 aromatic carbocycles. The Morgan fingerprint density at radius 1 is 0.958 bits per heavy atom. The number of carboxylic acids is 1. The minimum atomic E-state index is -1.03. The summed E-state index contributed by atoms with van der Waals surface area (Å²) in [6.45, 7) is 2.34. The molecule has 0 radical (unpaired) electrons. The number of aliphatic carboxylic acids is 1. The van der Waals surface area contributed by atoms with Crippen LogP contribution >= 0.6 is 0 Å². The first-order valence-electron chi connectivity index (χ1n) is 16.5. The van der Waals surface area contributed by atoms with Gasteiger partial charge in [-0.05, 0) is 57.8 Å². The zero-order valence-electron chi connectivity index (χ0n) is 26.7. The minimum Gasteiger partial charge on any atom is -0.488 e. The zero-order valence-corrected chi connectivity index (χ0v) is 26.7. The molecule has 0 spiro atoms. The number of amides is 1. The van der Waals surface area contributed by atoms with Crippen LogP contribution in [0.3, 0.4) is 0 Å². The molecule has 244 valence electrons. The molecule has 1 aliphatic heterocycles. The van der Waals surface area contributed by atoms with Crippen LogP contribution in [-0.4, -0.2) is 70.7 Å². The third-order valence-electron chi connectivity index (χ3n) is 9.21. The molecule has 1 aliphatic rings. The number of imidazole rings is 1. The van der Waals surface area contributed by atoms with Crippen LogP contribution in [0.2, 0.25) is 0 Å². The number of benzene rings is 4. The number of nitrogens with one attached hydrogen (secondary N) is 1. The van der Waals surface area contributed by atoms with Crippen LogP contribution in [0.4, 0.5) is 0 Å². The number of rotatable bonds is 12. The first kappa shape index (κ1) is 31.0. The molecule has 0 saturated carbocycles. The Kier molecular flexibility index (Phi) is 8.82. The van der Waals surface area contributed by atoms with Gasteiger partial charge in [-0.25, -0.2) is 9.78 Å². The highest BCUT2D eigenvalue weighted by Gasteiger charge is 2.43. The summed E-state index contributed by atoms with van der Waals surface area (Å²) in [6, 6.07) is 26.1. The van der Waals surface area contributed by atoms with Crippen molar-refractivity contribution in [1.29, 1.82) is 0 Å². The Bertz CT molecular complexity index is 2060. The van der Waals surface area contributed by atoms with E-state index < -0.39 is 24.2 Å². The van der Waals surface area contributed by atoms with Crippen LogP contribution in [0, 0.1) is 0 Å². The lowest BCUT2D eigenvalue weighted by atomic mass is 9.98. The van der Waals surface area contributed by atoms with Crippen LogP contribution in [0.15, 0.2) is 91.3 Å². The monoisotopic (exact) mass is 643 g/mol. The van der Waals surface area contributed by atoms with Crippen molar-refractivity contribution in [2.75, 3.05) is 6.54 Å². The number of fused-ring (bicyclic) bond motifs is 2. The maximum Gasteiger partial charge on any atom is 0.326 e. The molecule has 1 amide bonds. The van der Waals surface area contributed by atoms with E-state index in [2.05, 4.69) is 27.5 Å². The first-order chi connectivity index (χ1) is 23.5. The number of aromatic nitrogens is 6. The molecule has 7 rings (SSSR count). The van der Waals surface area contributed by atoms with E-state index in [1.54, 1.807) is 6.33 Å². The van der Waals surface area contributed by atoms with Crippen LogP contribution in [-0.2, 0) is 9.59 Å². The first-order valence-corrected chi connectivity index (χ1v) is 16.5. The van der Waals surface area contributed by atoms with Gasteiger partial charge >= 0.3 is 5.97 Å². The van der Waals surface area contributed by atoms with Gasteiger partial charge in [-0.3, -0.25) is 4.79 Å². The number of aromatic amines is 1. The Balaban J connectivity index is 1.17. The van der Waals surface area contributed by atoms with E-state index in [9.17, 15) is 14.7 Å². The van der Waals surface area contributed by atoms with Crippen molar-refractivity contribution in [3.63, 3.8) is 0 Å². The number of ether oxygens (including phenoxy) is 1. The Morgan fingerprint density at radius 3 is 2.56 bits per heavy atom. The molecule has 48 heavy (non-hydrogen) atoms. The second kappa shape index (κ2) is 13.6. The van der Waals surface area contributed by atoms with E-state index in [4.69, 9.17) is 9.72 Å². The molecule has 2 aromatic heterocycles. The van der Waals surface area contributed by atoms with Gasteiger partial charge in [0, 0.05) is 12.0 Å². The van der Waals surface area contributed by atoms with E-state index in [0.717, 1.165) is 64.2 Å². The maximum atomic E-state index is 14.4. The number of nitrogens with zero attached hydrogens (tertiary/aromatic N) is 6. The van der Waals surface area contributed by atoms with E-state index >= 15 is 0 Å². The fourth-order valence-electron chi connectivity index (χ4n) is 6.78. The standard InChI is InChI=1S/C37H37N7O4/c1-2-3-4-5-14-33(36(45)43-22-28(21-34(43)37(46)47)48-27-17-15-24-10-6-7-11-25(24)19-27)44-23-38-31-20-26(16-18-32(31)44)29-12-8-9-13-30(29)35-39-41-42-40-35/h6-13,15-20,23,28,33-34H,2-5,14,21-22H2,1H3,(H,46,47)(H,39,40,41,42). The number of likely N-dealkylation sites (tertiary alicyclic amines) is 1. The summed E-state index contributed by atoms with van der Waals surface area (Å²) in [5.41, 5.74) is 4.23. The normalized spacial score (nSPS) is 16.8. The summed E-state index contributed by atoms with van der Waals surface area (Å²) >= 11 is 0. The van der Waals surface area contributed by atoms with E-state index in [1.807, 2.05) is 89.5 Å². The van der Waals surface area contributed by atoms with Gasteiger partial charge in [0.05, 0.1) is 23.9 Å². The van der Waals surface area contributed by atoms with Crippen molar-refractivity contribution >= 4 is 33.7 Å². The average molecular weight is 644 g/mol. The largest absolute Gasteiger partial charge is 0.488 e. The van der Waals surface area contributed by atoms with Gasteiger partial charge in [0.1, 0.15) is 23.9 Å². The zero-order chi connectivity index (χ0) is 33.0. The number of H-pyrrole nitrogens is 1.